The summed E-state index contributed by atoms with van der Waals surface area (Å²) in [7, 11) is 3.50. The highest BCUT2D eigenvalue weighted by molar-refractivity contribution is 9.10. The summed E-state index contributed by atoms with van der Waals surface area (Å²) in [6.07, 6.45) is 3.66. The molecule has 1 atom stereocenters. The van der Waals surface area contributed by atoms with Crippen LogP contribution in [0.1, 0.15) is 17.2 Å². The second kappa shape index (κ2) is 6.88. The normalized spacial score (nSPS) is 12.4. The van der Waals surface area contributed by atoms with E-state index in [9.17, 15) is 5.11 Å². The van der Waals surface area contributed by atoms with Crippen LogP contribution in [0.25, 0.3) is 0 Å². The summed E-state index contributed by atoms with van der Waals surface area (Å²) in [4.78, 5) is 0. The van der Waals surface area contributed by atoms with E-state index in [-0.39, 0.29) is 12.6 Å². The number of benzene rings is 1. The molecule has 0 saturated carbocycles. The van der Waals surface area contributed by atoms with E-state index >= 15 is 0 Å². The zero-order valence-electron chi connectivity index (χ0n) is 11.5. The summed E-state index contributed by atoms with van der Waals surface area (Å²) in [5.74, 6) is 0.812. The van der Waals surface area contributed by atoms with Gasteiger partial charge in [-0.25, -0.2) is 0 Å². The largest absolute Gasteiger partial charge is 0.497 e. The third-order valence-corrected chi connectivity index (χ3v) is 3.85. The minimum absolute atomic E-state index is 0.0272. The molecule has 1 aromatic heterocycles. The Labute approximate surface area is 126 Å². The predicted octanol–water partition coefficient (Wildman–Crippen LogP) is 2.01. The second-order valence-corrected chi connectivity index (χ2v) is 5.38. The van der Waals surface area contributed by atoms with E-state index in [0.29, 0.717) is 6.54 Å². The number of nitrogens with one attached hydrogen (secondary N) is 1. The third kappa shape index (κ3) is 3.59. The molecule has 0 bridgehead atoms. The van der Waals surface area contributed by atoms with Crippen LogP contribution in [-0.2, 0) is 13.6 Å². The first-order chi connectivity index (χ1) is 9.63. The number of aryl methyl sites for hydroxylation is 1. The number of rotatable bonds is 6. The van der Waals surface area contributed by atoms with Crippen molar-refractivity contribution in [2.75, 3.05) is 13.7 Å². The monoisotopic (exact) mass is 339 g/mol. The SMILES string of the molecule is COc1ccc(CN[C@H](CO)c2cnn(C)c2)c(Br)c1. The molecular weight excluding hydrogens is 322 g/mol. The van der Waals surface area contributed by atoms with E-state index in [2.05, 4.69) is 26.3 Å². The van der Waals surface area contributed by atoms with Crippen molar-refractivity contribution in [2.24, 2.45) is 7.05 Å². The Balaban J connectivity index is 2.03. The lowest BCUT2D eigenvalue weighted by Gasteiger charge is -2.15. The van der Waals surface area contributed by atoms with Gasteiger partial charge < -0.3 is 15.2 Å². The summed E-state index contributed by atoms with van der Waals surface area (Å²) in [6.45, 7) is 0.671. The van der Waals surface area contributed by atoms with Crippen molar-refractivity contribution in [3.05, 3.63) is 46.2 Å². The third-order valence-electron chi connectivity index (χ3n) is 3.11. The van der Waals surface area contributed by atoms with Gasteiger partial charge in [0.15, 0.2) is 0 Å². The van der Waals surface area contributed by atoms with Crippen molar-refractivity contribution in [3.63, 3.8) is 0 Å². The Morgan fingerprint density at radius 2 is 2.30 bits per heavy atom. The molecule has 1 heterocycles. The topological polar surface area (TPSA) is 59.3 Å². The van der Waals surface area contributed by atoms with Gasteiger partial charge in [-0.15, -0.1) is 0 Å². The molecule has 0 aliphatic rings. The Hall–Kier alpha value is -1.37. The molecular formula is C14H18BrN3O2. The van der Waals surface area contributed by atoms with Gasteiger partial charge in [0.05, 0.1) is 26.0 Å². The number of aliphatic hydroxyl groups excluding tert-OH is 1. The Kier molecular flexibility index (Phi) is 5.17. The van der Waals surface area contributed by atoms with Crippen LogP contribution in [0.5, 0.6) is 5.75 Å². The molecule has 2 N–H and O–H groups in total. The first kappa shape index (κ1) is 15.0. The molecule has 0 fully saturated rings. The molecule has 0 aliphatic carbocycles. The van der Waals surface area contributed by atoms with Crippen LogP contribution in [0, 0.1) is 0 Å². The van der Waals surface area contributed by atoms with Crippen LogP contribution in [0.15, 0.2) is 35.1 Å². The van der Waals surface area contributed by atoms with E-state index in [1.807, 2.05) is 31.4 Å². The summed E-state index contributed by atoms with van der Waals surface area (Å²) < 4.78 is 7.87. The molecule has 0 saturated heterocycles. The van der Waals surface area contributed by atoms with E-state index in [4.69, 9.17) is 4.74 Å². The highest BCUT2D eigenvalue weighted by atomic mass is 79.9. The van der Waals surface area contributed by atoms with Gasteiger partial charge >= 0.3 is 0 Å². The van der Waals surface area contributed by atoms with Crippen molar-refractivity contribution in [2.45, 2.75) is 12.6 Å². The fourth-order valence-electron chi connectivity index (χ4n) is 1.94. The summed E-state index contributed by atoms with van der Waals surface area (Å²) in [5, 5.41) is 16.9. The quantitative estimate of drug-likeness (QED) is 0.845. The number of hydrogen-bond acceptors (Lipinski definition) is 4. The van der Waals surface area contributed by atoms with Crippen LogP contribution in [-0.4, -0.2) is 28.6 Å². The van der Waals surface area contributed by atoms with Gasteiger partial charge in [0, 0.05) is 29.8 Å². The van der Waals surface area contributed by atoms with Crippen molar-refractivity contribution >= 4 is 15.9 Å². The van der Waals surface area contributed by atoms with Crippen molar-refractivity contribution < 1.29 is 9.84 Å². The van der Waals surface area contributed by atoms with Crippen molar-refractivity contribution in [1.29, 1.82) is 0 Å². The number of nitrogens with zero attached hydrogens (tertiary/aromatic N) is 2. The van der Waals surface area contributed by atoms with Gasteiger partial charge in [-0.3, -0.25) is 4.68 Å². The van der Waals surface area contributed by atoms with Crippen molar-refractivity contribution in [3.8, 4) is 5.75 Å². The predicted molar refractivity (Wildman–Crippen MR) is 80.6 cm³/mol. The number of methoxy groups -OCH3 is 1. The molecule has 0 unspecified atom stereocenters. The Morgan fingerprint density at radius 1 is 1.50 bits per heavy atom. The highest BCUT2D eigenvalue weighted by Crippen LogP contribution is 2.23. The zero-order chi connectivity index (χ0) is 14.5. The minimum atomic E-state index is -0.127. The molecule has 2 aromatic rings. The van der Waals surface area contributed by atoms with E-state index in [0.717, 1.165) is 21.3 Å². The standard InChI is InChI=1S/C14H18BrN3O2/c1-18-8-11(7-17-18)14(9-19)16-6-10-3-4-12(20-2)5-13(10)15/h3-5,7-8,14,16,19H,6,9H2,1-2H3/t14-/m1/s1. The maximum atomic E-state index is 9.49. The van der Waals surface area contributed by atoms with Gasteiger partial charge in [-0.05, 0) is 17.7 Å². The lowest BCUT2D eigenvalue weighted by Crippen LogP contribution is -2.23. The van der Waals surface area contributed by atoms with E-state index < -0.39 is 0 Å². The van der Waals surface area contributed by atoms with Gasteiger partial charge in [0.25, 0.3) is 0 Å². The smallest absolute Gasteiger partial charge is 0.120 e. The first-order valence-corrected chi connectivity index (χ1v) is 7.08. The number of aliphatic hydroxyl groups is 1. The fourth-order valence-corrected chi connectivity index (χ4v) is 2.44. The minimum Gasteiger partial charge on any atom is -0.497 e. The molecule has 1 aromatic carbocycles. The molecule has 20 heavy (non-hydrogen) atoms. The zero-order valence-corrected chi connectivity index (χ0v) is 13.1. The van der Waals surface area contributed by atoms with E-state index in [1.165, 1.54) is 0 Å². The molecule has 0 radical (unpaired) electrons. The Bertz CT molecular complexity index is 571. The average molecular weight is 340 g/mol. The van der Waals surface area contributed by atoms with Gasteiger partial charge in [-0.1, -0.05) is 22.0 Å². The average Bonchev–Trinajstić information content (AvgIpc) is 2.87. The number of aromatic nitrogens is 2. The van der Waals surface area contributed by atoms with Gasteiger partial charge in [0.1, 0.15) is 5.75 Å². The summed E-state index contributed by atoms with van der Waals surface area (Å²) in [5.41, 5.74) is 2.08. The van der Waals surface area contributed by atoms with Crippen LogP contribution >= 0.6 is 15.9 Å². The molecule has 108 valence electrons. The molecule has 0 spiro atoms. The number of ether oxygens (including phenoxy) is 1. The van der Waals surface area contributed by atoms with Gasteiger partial charge in [0.2, 0.25) is 0 Å². The lowest BCUT2D eigenvalue weighted by molar-refractivity contribution is 0.243. The van der Waals surface area contributed by atoms with Crippen LogP contribution in [0.3, 0.4) is 0 Å². The first-order valence-electron chi connectivity index (χ1n) is 6.29. The Morgan fingerprint density at radius 3 is 2.85 bits per heavy atom. The maximum Gasteiger partial charge on any atom is 0.120 e. The summed E-state index contributed by atoms with van der Waals surface area (Å²) >= 11 is 3.52. The van der Waals surface area contributed by atoms with Crippen molar-refractivity contribution in [1.82, 2.24) is 15.1 Å². The van der Waals surface area contributed by atoms with Gasteiger partial charge in [-0.2, -0.15) is 5.10 Å². The van der Waals surface area contributed by atoms with E-state index in [1.54, 1.807) is 18.0 Å². The number of halogens is 1. The lowest BCUT2D eigenvalue weighted by atomic mass is 10.1. The molecule has 2 rings (SSSR count). The highest BCUT2D eigenvalue weighted by Gasteiger charge is 2.12. The van der Waals surface area contributed by atoms with Crippen LogP contribution in [0.4, 0.5) is 0 Å². The molecule has 5 nitrogen and oxygen atoms in total. The summed E-state index contributed by atoms with van der Waals surface area (Å²) in [6, 6.07) is 5.71. The molecule has 0 amide bonds. The van der Waals surface area contributed by atoms with Crippen LogP contribution in [0.2, 0.25) is 0 Å². The molecule has 6 heteroatoms. The second-order valence-electron chi connectivity index (χ2n) is 4.52. The molecule has 0 aliphatic heterocycles. The fraction of sp³-hybridized carbons (Fsp3) is 0.357. The number of hydrogen-bond donors (Lipinski definition) is 2. The van der Waals surface area contributed by atoms with Crippen LogP contribution < -0.4 is 10.1 Å². The maximum absolute atomic E-state index is 9.49.